The maximum Gasteiger partial charge on any atom is 0.275 e. The molecule has 0 aliphatic carbocycles. The van der Waals surface area contributed by atoms with Crippen molar-refractivity contribution in [2.24, 2.45) is 7.05 Å². The second-order valence-electron chi connectivity index (χ2n) is 5.67. The van der Waals surface area contributed by atoms with Crippen LogP contribution < -0.4 is 5.32 Å². The highest BCUT2D eigenvalue weighted by Crippen LogP contribution is 2.31. The Labute approximate surface area is 153 Å². The number of carbonyl (C=O) groups excluding carboxylic acids is 1. The van der Waals surface area contributed by atoms with E-state index in [1.54, 1.807) is 29.4 Å². The van der Waals surface area contributed by atoms with Crippen LogP contribution in [0, 0.1) is 6.92 Å². The zero-order valence-electron chi connectivity index (χ0n) is 14.1. The number of nitrogens with zero attached hydrogens (tertiary/aromatic N) is 4. The molecule has 0 spiro atoms. The Bertz CT molecular complexity index is 1070. The van der Waals surface area contributed by atoms with Crippen molar-refractivity contribution in [1.82, 2.24) is 19.7 Å². The van der Waals surface area contributed by atoms with Crippen LogP contribution in [0.3, 0.4) is 0 Å². The molecule has 7 nitrogen and oxygen atoms in total. The molecule has 0 aliphatic heterocycles. The lowest BCUT2D eigenvalue weighted by Gasteiger charge is -2.03. The van der Waals surface area contributed by atoms with E-state index in [-0.39, 0.29) is 5.91 Å². The van der Waals surface area contributed by atoms with Gasteiger partial charge in [-0.25, -0.2) is 4.98 Å². The van der Waals surface area contributed by atoms with Gasteiger partial charge < -0.3 is 9.73 Å². The Kier molecular flexibility index (Phi) is 4.10. The largest absolute Gasteiger partial charge is 0.463 e. The molecule has 1 amide bonds. The third kappa shape index (κ3) is 3.02. The van der Waals surface area contributed by atoms with E-state index in [0.717, 1.165) is 22.0 Å². The molecule has 0 atom stereocenters. The van der Waals surface area contributed by atoms with Gasteiger partial charge in [-0.15, -0.1) is 0 Å². The number of aryl methyl sites for hydroxylation is 2. The van der Waals surface area contributed by atoms with Gasteiger partial charge in [-0.1, -0.05) is 17.4 Å². The molecule has 4 heterocycles. The lowest BCUT2D eigenvalue weighted by Crippen LogP contribution is -2.14. The maximum atomic E-state index is 12.4. The summed E-state index contributed by atoms with van der Waals surface area (Å²) in [7, 11) is 1.85. The van der Waals surface area contributed by atoms with Crippen molar-refractivity contribution in [3.8, 4) is 22.2 Å². The Morgan fingerprint density at radius 1 is 1.27 bits per heavy atom. The molecule has 0 saturated heterocycles. The number of pyridine rings is 1. The zero-order chi connectivity index (χ0) is 18.1. The van der Waals surface area contributed by atoms with Crippen LogP contribution in [0.5, 0.6) is 0 Å². The molecule has 4 rings (SSSR count). The first-order valence-corrected chi connectivity index (χ1v) is 8.70. The van der Waals surface area contributed by atoms with E-state index in [1.165, 1.54) is 11.3 Å². The summed E-state index contributed by atoms with van der Waals surface area (Å²) in [6, 6.07) is 9.24. The average molecular weight is 365 g/mol. The summed E-state index contributed by atoms with van der Waals surface area (Å²) < 4.78 is 7.13. The molecule has 4 aromatic rings. The summed E-state index contributed by atoms with van der Waals surface area (Å²) in [5.74, 6) is 0.446. The average Bonchev–Trinajstić information content (AvgIpc) is 3.35. The molecule has 0 bridgehead atoms. The normalized spacial score (nSPS) is 10.8. The fourth-order valence-electron chi connectivity index (χ4n) is 2.56. The lowest BCUT2D eigenvalue weighted by atomic mass is 10.2. The van der Waals surface area contributed by atoms with Crippen LogP contribution in [0.15, 0.2) is 53.4 Å². The molecule has 0 fully saturated rings. The summed E-state index contributed by atoms with van der Waals surface area (Å²) in [6.07, 6.45) is 4.85. The molecule has 1 N–H and O–H groups in total. The molecule has 4 aromatic heterocycles. The van der Waals surface area contributed by atoms with Gasteiger partial charge in [0.25, 0.3) is 5.91 Å². The summed E-state index contributed by atoms with van der Waals surface area (Å²) in [6.45, 7) is 1.85. The summed E-state index contributed by atoms with van der Waals surface area (Å²) >= 11 is 1.38. The van der Waals surface area contributed by atoms with Crippen molar-refractivity contribution in [2.45, 2.75) is 6.92 Å². The highest BCUT2D eigenvalue weighted by atomic mass is 32.1. The van der Waals surface area contributed by atoms with Crippen molar-refractivity contribution in [3.63, 3.8) is 0 Å². The highest BCUT2D eigenvalue weighted by Gasteiger charge is 2.16. The third-order valence-corrected chi connectivity index (χ3v) is 4.77. The Hall–Kier alpha value is -3.26. The number of aromatic nitrogens is 4. The Morgan fingerprint density at radius 2 is 2.15 bits per heavy atom. The SMILES string of the molecule is Cc1cccnc1C(=O)Nc1cnc(-c2cc(-c3ccco3)nn2C)s1. The van der Waals surface area contributed by atoms with E-state index in [2.05, 4.69) is 20.4 Å². The number of carbonyl (C=O) groups is 1. The number of hydrogen-bond acceptors (Lipinski definition) is 6. The van der Waals surface area contributed by atoms with E-state index < -0.39 is 0 Å². The molecule has 8 heteroatoms. The second kappa shape index (κ2) is 6.57. The summed E-state index contributed by atoms with van der Waals surface area (Å²) in [5, 5.41) is 8.70. The number of rotatable bonds is 4. The molecule has 0 saturated carbocycles. The van der Waals surface area contributed by atoms with E-state index in [1.807, 2.05) is 38.2 Å². The van der Waals surface area contributed by atoms with Crippen LogP contribution in [0.25, 0.3) is 22.2 Å². The number of amides is 1. The van der Waals surface area contributed by atoms with Gasteiger partial charge in [-0.3, -0.25) is 14.5 Å². The number of thiazole rings is 1. The van der Waals surface area contributed by atoms with Crippen LogP contribution in [0.2, 0.25) is 0 Å². The molecular weight excluding hydrogens is 350 g/mol. The van der Waals surface area contributed by atoms with E-state index in [9.17, 15) is 4.79 Å². The van der Waals surface area contributed by atoms with Crippen molar-refractivity contribution in [3.05, 3.63) is 60.2 Å². The van der Waals surface area contributed by atoms with Crippen LogP contribution in [-0.2, 0) is 7.05 Å². The highest BCUT2D eigenvalue weighted by molar-refractivity contribution is 7.19. The van der Waals surface area contributed by atoms with Crippen LogP contribution in [-0.4, -0.2) is 25.7 Å². The molecule has 0 radical (unpaired) electrons. The van der Waals surface area contributed by atoms with Crippen LogP contribution >= 0.6 is 11.3 Å². The van der Waals surface area contributed by atoms with Gasteiger partial charge in [0.05, 0.1) is 18.2 Å². The molecule has 0 aliphatic rings. The Balaban J connectivity index is 1.57. The van der Waals surface area contributed by atoms with Gasteiger partial charge >= 0.3 is 0 Å². The summed E-state index contributed by atoms with van der Waals surface area (Å²) in [4.78, 5) is 20.9. The topological polar surface area (TPSA) is 85.8 Å². The van der Waals surface area contributed by atoms with Gasteiger partial charge in [-0.05, 0) is 36.8 Å². The second-order valence-corrected chi connectivity index (χ2v) is 6.70. The minimum absolute atomic E-state index is 0.250. The van der Waals surface area contributed by atoms with Crippen LogP contribution in [0.1, 0.15) is 16.1 Å². The lowest BCUT2D eigenvalue weighted by molar-refractivity contribution is 0.102. The zero-order valence-corrected chi connectivity index (χ0v) is 14.9. The predicted molar refractivity (Wildman–Crippen MR) is 98.9 cm³/mol. The number of hydrogen-bond donors (Lipinski definition) is 1. The molecule has 0 unspecified atom stereocenters. The van der Waals surface area contributed by atoms with Gasteiger partial charge in [0.1, 0.15) is 21.4 Å². The number of anilines is 1. The number of nitrogens with one attached hydrogen (secondary N) is 1. The van der Waals surface area contributed by atoms with Crippen molar-refractivity contribution >= 4 is 22.2 Å². The molecule has 130 valence electrons. The molecular formula is C18H15N5O2S. The molecule has 0 aromatic carbocycles. The predicted octanol–water partition coefficient (Wildman–Crippen LogP) is 3.76. The van der Waals surface area contributed by atoms with Gasteiger partial charge in [0.15, 0.2) is 5.76 Å². The van der Waals surface area contributed by atoms with E-state index in [0.29, 0.717) is 16.5 Å². The first-order chi connectivity index (χ1) is 12.6. The minimum atomic E-state index is -0.250. The van der Waals surface area contributed by atoms with Gasteiger partial charge in [0, 0.05) is 13.2 Å². The van der Waals surface area contributed by atoms with E-state index in [4.69, 9.17) is 4.42 Å². The molecule has 26 heavy (non-hydrogen) atoms. The smallest absolute Gasteiger partial charge is 0.275 e. The maximum absolute atomic E-state index is 12.4. The third-order valence-electron chi connectivity index (χ3n) is 3.84. The Morgan fingerprint density at radius 3 is 2.92 bits per heavy atom. The van der Waals surface area contributed by atoms with Gasteiger partial charge in [-0.2, -0.15) is 5.10 Å². The van der Waals surface area contributed by atoms with Crippen molar-refractivity contribution in [2.75, 3.05) is 5.32 Å². The fraction of sp³-hybridized carbons (Fsp3) is 0.111. The first-order valence-electron chi connectivity index (χ1n) is 7.89. The summed E-state index contributed by atoms with van der Waals surface area (Å²) in [5.41, 5.74) is 2.81. The van der Waals surface area contributed by atoms with Crippen LogP contribution in [0.4, 0.5) is 5.00 Å². The number of furan rings is 1. The monoisotopic (exact) mass is 365 g/mol. The van der Waals surface area contributed by atoms with Crippen molar-refractivity contribution < 1.29 is 9.21 Å². The minimum Gasteiger partial charge on any atom is -0.463 e. The van der Waals surface area contributed by atoms with E-state index >= 15 is 0 Å². The van der Waals surface area contributed by atoms with Gasteiger partial charge in [0.2, 0.25) is 0 Å². The first kappa shape index (κ1) is 16.2. The standard InChI is InChI=1S/C18H15N5O2S/c1-11-5-3-7-19-16(11)17(24)21-15-10-20-18(26-15)13-9-12(22-23(13)2)14-6-4-8-25-14/h3-10H,1-2H3,(H,21,24). The fourth-order valence-corrected chi connectivity index (χ4v) is 3.42. The van der Waals surface area contributed by atoms with Crippen molar-refractivity contribution in [1.29, 1.82) is 0 Å². The quantitative estimate of drug-likeness (QED) is 0.595.